The SMILES string of the molecule is COC1(C(=O)NCCCN2CCCCCC2)CCNCC1. The summed E-state index contributed by atoms with van der Waals surface area (Å²) in [6, 6.07) is 0. The van der Waals surface area contributed by atoms with E-state index in [4.69, 9.17) is 4.74 Å². The molecule has 2 fully saturated rings. The predicted molar refractivity (Wildman–Crippen MR) is 84.4 cm³/mol. The lowest BCUT2D eigenvalue weighted by atomic mass is 9.91. The van der Waals surface area contributed by atoms with Crippen molar-refractivity contribution in [2.45, 2.75) is 50.5 Å². The summed E-state index contributed by atoms with van der Waals surface area (Å²) in [5.41, 5.74) is -0.603. The minimum Gasteiger partial charge on any atom is -0.368 e. The molecule has 1 amide bonds. The molecule has 0 saturated carbocycles. The van der Waals surface area contributed by atoms with Gasteiger partial charge in [0, 0.05) is 13.7 Å². The van der Waals surface area contributed by atoms with Gasteiger partial charge in [0.1, 0.15) is 5.60 Å². The molecular weight excluding hydrogens is 266 g/mol. The molecule has 0 aromatic carbocycles. The normalized spacial score (nSPS) is 23.5. The van der Waals surface area contributed by atoms with Crippen LogP contribution in [0, 0.1) is 0 Å². The summed E-state index contributed by atoms with van der Waals surface area (Å²) in [5.74, 6) is 0.0716. The fourth-order valence-corrected chi connectivity index (χ4v) is 3.38. The Labute approximate surface area is 128 Å². The Hall–Kier alpha value is -0.650. The van der Waals surface area contributed by atoms with E-state index in [2.05, 4.69) is 15.5 Å². The number of likely N-dealkylation sites (tertiary alicyclic amines) is 1. The van der Waals surface area contributed by atoms with Crippen LogP contribution in [0.2, 0.25) is 0 Å². The van der Waals surface area contributed by atoms with Crippen molar-refractivity contribution in [3.05, 3.63) is 0 Å². The molecule has 2 N–H and O–H groups in total. The lowest BCUT2D eigenvalue weighted by molar-refractivity contribution is -0.146. The molecule has 0 bridgehead atoms. The maximum absolute atomic E-state index is 12.4. The highest BCUT2D eigenvalue weighted by atomic mass is 16.5. The zero-order valence-corrected chi connectivity index (χ0v) is 13.5. The van der Waals surface area contributed by atoms with Crippen LogP contribution in [0.25, 0.3) is 0 Å². The van der Waals surface area contributed by atoms with Gasteiger partial charge in [0.2, 0.25) is 0 Å². The van der Waals surface area contributed by atoms with E-state index in [9.17, 15) is 4.79 Å². The van der Waals surface area contributed by atoms with Crippen molar-refractivity contribution >= 4 is 5.91 Å². The number of methoxy groups -OCH3 is 1. The molecule has 5 heteroatoms. The highest BCUT2D eigenvalue weighted by Gasteiger charge is 2.39. The molecule has 2 heterocycles. The molecule has 2 saturated heterocycles. The van der Waals surface area contributed by atoms with Gasteiger partial charge in [-0.1, -0.05) is 12.8 Å². The zero-order chi connectivity index (χ0) is 15.0. The van der Waals surface area contributed by atoms with Crippen molar-refractivity contribution in [2.75, 3.05) is 46.4 Å². The third-order valence-corrected chi connectivity index (χ3v) is 4.85. The van der Waals surface area contributed by atoms with Crippen molar-refractivity contribution in [3.8, 4) is 0 Å². The van der Waals surface area contributed by atoms with Crippen LogP contribution in [0.4, 0.5) is 0 Å². The van der Waals surface area contributed by atoms with Gasteiger partial charge in [-0.15, -0.1) is 0 Å². The molecule has 0 unspecified atom stereocenters. The summed E-state index contributed by atoms with van der Waals surface area (Å²) in [6.07, 6.45) is 7.96. The Morgan fingerprint density at radius 2 is 1.86 bits per heavy atom. The third kappa shape index (κ3) is 4.94. The maximum atomic E-state index is 12.4. The molecular formula is C16H31N3O2. The third-order valence-electron chi connectivity index (χ3n) is 4.85. The van der Waals surface area contributed by atoms with Gasteiger partial charge in [0.25, 0.3) is 5.91 Å². The number of nitrogens with one attached hydrogen (secondary N) is 2. The molecule has 2 aliphatic rings. The Morgan fingerprint density at radius 3 is 2.48 bits per heavy atom. The van der Waals surface area contributed by atoms with Crippen LogP contribution >= 0.6 is 0 Å². The molecule has 0 aromatic heterocycles. The Kier molecular flexibility index (Phi) is 6.93. The summed E-state index contributed by atoms with van der Waals surface area (Å²) in [7, 11) is 1.65. The van der Waals surface area contributed by atoms with E-state index in [0.717, 1.165) is 45.4 Å². The quantitative estimate of drug-likeness (QED) is 0.722. The number of hydrogen-bond acceptors (Lipinski definition) is 4. The minimum atomic E-state index is -0.603. The van der Waals surface area contributed by atoms with Crippen LogP contribution in [-0.4, -0.2) is 62.8 Å². The van der Waals surface area contributed by atoms with Crippen molar-refractivity contribution in [1.29, 1.82) is 0 Å². The van der Waals surface area contributed by atoms with Gasteiger partial charge >= 0.3 is 0 Å². The summed E-state index contributed by atoms with van der Waals surface area (Å²) >= 11 is 0. The van der Waals surface area contributed by atoms with Gasteiger partial charge in [-0.2, -0.15) is 0 Å². The van der Waals surface area contributed by atoms with Crippen LogP contribution in [0.3, 0.4) is 0 Å². The van der Waals surface area contributed by atoms with Gasteiger partial charge in [-0.05, 0) is 64.8 Å². The number of carbonyl (C=O) groups excluding carboxylic acids is 1. The van der Waals surface area contributed by atoms with Crippen LogP contribution in [-0.2, 0) is 9.53 Å². The number of amides is 1. The van der Waals surface area contributed by atoms with E-state index in [0.29, 0.717) is 0 Å². The van der Waals surface area contributed by atoms with Gasteiger partial charge < -0.3 is 20.3 Å². The Morgan fingerprint density at radius 1 is 1.19 bits per heavy atom. The smallest absolute Gasteiger partial charge is 0.252 e. The van der Waals surface area contributed by atoms with Crippen LogP contribution < -0.4 is 10.6 Å². The molecule has 0 aromatic rings. The number of carbonyl (C=O) groups is 1. The summed E-state index contributed by atoms with van der Waals surface area (Å²) in [4.78, 5) is 14.9. The predicted octanol–water partition coefficient (Wildman–Crippen LogP) is 1.14. The van der Waals surface area contributed by atoms with Gasteiger partial charge in [0.05, 0.1) is 0 Å². The Balaban J connectivity index is 1.66. The number of nitrogens with zero attached hydrogens (tertiary/aromatic N) is 1. The standard InChI is InChI=1S/C16H31N3O2/c1-21-16(7-10-17-11-8-16)15(20)18-9-6-14-19-12-4-2-3-5-13-19/h17H,2-14H2,1H3,(H,18,20). The molecule has 5 nitrogen and oxygen atoms in total. The van der Waals surface area contributed by atoms with Crippen molar-refractivity contribution in [3.63, 3.8) is 0 Å². The van der Waals surface area contributed by atoms with E-state index in [1.807, 2.05) is 0 Å². The lowest BCUT2D eigenvalue weighted by Crippen LogP contribution is -2.54. The molecule has 122 valence electrons. The summed E-state index contributed by atoms with van der Waals surface area (Å²) in [6.45, 7) is 6.02. The average Bonchev–Trinajstić information content (AvgIpc) is 2.80. The van der Waals surface area contributed by atoms with E-state index in [-0.39, 0.29) is 5.91 Å². The highest BCUT2D eigenvalue weighted by molar-refractivity contribution is 5.85. The van der Waals surface area contributed by atoms with Crippen LogP contribution in [0.15, 0.2) is 0 Å². The van der Waals surface area contributed by atoms with Crippen LogP contribution in [0.5, 0.6) is 0 Å². The molecule has 0 spiro atoms. The number of rotatable bonds is 6. The first kappa shape index (κ1) is 16.7. The van der Waals surface area contributed by atoms with E-state index < -0.39 is 5.60 Å². The fraction of sp³-hybridized carbons (Fsp3) is 0.938. The number of piperidine rings is 1. The van der Waals surface area contributed by atoms with Crippen molar-refractivity contribution < 1.29 is 9.53 Å². The molecule has 0 radical (unpaired) electrons. The second kappa shape index (κ2) is 8.71. The number of ether oxygens (including phenoxy) is 1. The van der Waals surface area contributed by atoms with E-state index in [1.165, 1.54) is 38.8 Å². The average molecular weight is 297 g/mol. The summed E-state index contributed by atoms with van der Waals surface area (Å²) in [5, 5.41) is 6.36. The lowest BCUT2D eigenvalue weighted by Gasteiger charge is -2.34. The highest BCUT2D eigenvalue weighted by Crippen LogP contribution is 2.22. The maximum Gasteiger partial charge on any atom is 0.252 e. The van der Waals surface area contributed by atoms with Crippen molar-refractivity contribution in [2.24, 2.45) is 0 Å². The fourth-order valence-electron chi connectivity index (χ4n) is 3.38. The molecule has 0 atom stereocenters. The summed E-state index contributed by atoms with van der Waals surface area (Å²) < 4.78 is 5.54. The van der Waals surface area contributed by atoms with E-state index in [1.54, 1.807) is 7.11 Å². The molecule has 2 rings (SSSR count). The monoisotopic (exact) mass is 297 g/mol. The number of hydrogen-bond donors (Lipinski definition) is 2. The largest absolute Gasteiger partial charge is 0.368 e. The van der Waals surface area contributed by atoms with Gasteiger partial charge in [0.15, 0.2) is 0 Å². The first-order valence-corrected chi connectivity index (χ1v) is 8.53. The van der Waals surface area contributed by atoms with E-state index >= 15 is 0 Å². The van der Waals surface area contributed by atoms with Gasteiger partial charge in [-0.3, -0.25) is 4.79 Å². The Bertz CT molecular complexity index is 309. The van der Waals surface area contributed by atoms with Gasteiger partial charge in [-0.25, -0.2) is 0 Å². The van der Waals surface area contributed by atoms with Crippen molar-refractivity contribution in [1.82, 2.24) is 15.5 Å². The second-order valence-electron chi connectivity index (χ2n) is 6.31. The topological polar surface area (TPSA) is 53.6 Å². The first-order valence-electron chi connectivity index (χ1n) is 8.53. The molecule has 0 aliphatic carbocycles. The minimum absolute atomic E-state index is 0.0716. The first-order chi connectivity index (χ1) is 10.3. The zero-order valence-electron chi connectivity index (χ0n) is 13.5. The molecule has 21 heavy (non-hydrogen) atoms. The van der Waals surface area contributed by atoms with Crippen LogP contribution in [0.1, 0.15) is 44.9 Å². The second-order valence-corrected chi connectivity index (χ2v) is 6.31. The molecule has 2 aliphatic heterocycles.